The van der Waals surface area contributed by atoms with Crippen LogP contribution in [-0.2, 0) is 11.2 Å². The fourth-order valence-corrected chi connectivity index (χ4v) is 2.31. The van der Waals surface area contributed by atoms with E-state index in [2.05, 4.69) is 15.3 Å². The molecule has 2 amide bonds. The lowest BCUT2D eigenvalue weighted by Crippen LogP contribution is -2.15. The van der Waals surface area contributed by atoms with E-state index in [0.717, 1.165) is 0 Å². The number of nitrogens with two attached hydrogens (primary N) is 1. The fraction of sp³-hybridized carbons (Fsp3) is 0.231. The molecule has 0 spiro atoms. The van der Waals surface area contributed by atoms with Crippen LogP contribution in [0.15, 0.2) is 23.7 Å². The summed E-state index contributed by atoms with van der Waals surface area (Å²) >= 11 is 1.22. The Morgan fingerprint density at radius 1 is 1.48 bits per heavy atom. The van der Waals surface area contributed by atoms with Crippen molar-refractivity contribution in [2.24, 2.45) is 5.73 Å². The molecule has 0 unspecified atom stereocenters. The molecule has 0 atom stereocenters. The molecule has 8 heteroatoms. The van der Waals surface area contributed by atoms with E-state index in [1.165, 1.54) is 11.3 Å². The van der Waals surface area contributed by atoms with Gasteiger partial charge in [0.25, 0.3) is 5.91 Å². The summed E-state index contributed by atoms with van der Waals surface area (Å²) in [5.41, 5.74) is 5.94. The van der Waals surface area contributed by atoms with Crippen LogP contribution >= 0.6 is 11.3 Å². The van der Waals surface area contributed by atoms with Gasteiger partial charge in [-0.2, -0.15) is 0 Å². The standard InChI is InChI=1S/C13H14N4O3S/c1-2-20-12-9(4-3-5-15-12)11(19)17-13-16-8(7-21-13)6-10(14)18/h3-5,7H,2,6H2,1H3,(H2,14,18)(H,16,17,19). The van der Waals surface area contributed by atoms with E-state index in [9.17, 15) is 9.59 Å². The highest BCUT2D eigenvalue weighted by Crippen LogP contribution is 2.19. The highest BCUT2D eigenvalue weighted by Gasteiger charge is 2.15. The quantitative estimate of drug-likeness (QED) is 0.834. The van der Waals surface area contributed by atoms with Crippen LogP contribution in [0, 0.1) is 0 Å². The van der Waals surface area contributed by atoms with Crippen LogP contribution in [-0.4, -0.2) is 28.4 Å². The molecule has 0 fully saturated rings. The second kappa shape index (κ2) is 6.80. The zero-order valence-electron chi connectivity index (χ0n) is 11.3. The van der Waals surface area contributed by atoms with Gasteiger partial charge in [0, 0.05) is 11.6 Å². The molecule has 0 radical (unpaired) electrons. The van der Waals surface area contributed by atoms with Crippen molar-refractivity contribution in [1.82, 2.24) is 9.97 Å². The molecule has 2 aromatic rings. The van der Waals surface area contributed by atoms with Crippen LogP contribution in [0.3, 0.4) is 0 Å². The summed E-state index contributed by atoms with van der Waals surface area (Å²) in [6.45, 7) is 2.23. The maximum absolute atomic E-state index is 12.2. The van der Waals surface area contributed by atoms with Gasteiger partial charge in [0.2, 0.25) is 11.8 Å². The van der Waals surface area contributed by atoms with Gasteiger partial charge in [-0.15, -0.1) is 11.3 Å². The van der Waals surface area contributed by atoms with E-state index in [0.29, 0.717) is 23.0 Å². The van der Waals surface area contributed by atoms with E-state index in [4.69, 9.17) is 10.5 Å². The monoisotopic (exact) mass is 306 g/mol. The SMILES string of the molecule is CCOc1ncccc1C(=O)Nc1nc(CC(N)=O)cs1. The van der Waals surface area contributed by atoms with E-state index in [1.807, 2.05) is 6.92 Å². The molecular formula is C13H14N4O3S. The maximum Gasteiger partial charge on any atom is 0.262 e. The Bertz CT molecular complexity index is 656. The number of pyridine rings is 1. The van der Waals surface area contributed by atoms with E-state index in [1.54, 1.807) is 23.7 Å². The Kier molecular flexibility index (Phi) is 4.83. The molecule has 0 saturated carbocycles. The number of carbonyl (C=O) groups excluding carboxylic acids is 2. The third-order valence-electron chi connectivity index (χ3n) is 2.42. The summed E-state index contributed by atoms with van der Waals surface area (Å²) in [6.07, 6.45) is 1.60. The topological polar surface area (TPSA) is 107 Å². The smallest absolute Gasteiger partial charge is 0.262 e. The Hall–Kier alpha value is -2.48. The number of hydrogen-bond donors (Lipinski definition) is 2. The summed E-state index contributed by atoms with van der Waals surface area (Å²) in [5.74, 6) is -0.568. The first-order valence-electron chi connectivity index (χ1n) is 6.22. The third-order valence-corrected chi connectivity index (χ3v) is 3.23. The van der Waals surface area contributed by atoms with Crippen LogP contribution in [0.4, 0.5) is 5.13 Å². The average molecular weight is 306 g/mol. The summed E-state index contributed by atoms with van der Waals surface area (Å²) in [5, 5.41) is 4.71. The number of nitrogens with one attached hydrogen (secondary N) is 1. The molecule has 0 aliphatic carbocycles. The molecule has 110 valence electrons. The predicted molar refractivity (Wildman–Crippen MR) is 78.4 cm³/mol. The minimum atomic E-state index is -0.468. The Morgan fingerprint density at radius 3 is 3.00 bits per heavy atom. The van der Waals surface area contributed by atoms with Gasteiger partial charge in [0.1, 0.15) is 5.56 Å². The van der Waals surface area contributed by atoms with Gasteiger partial charge in [-0.05, 0) is 19.1 Å². The molecule has 21 heavy (non-hydrogen) atoms. The number of primary amides is 1. The Balaban J connectivity index is 2.11. The summed E-state index contributed by atoms with van der Waals surface area (Å²) in [4.78, 5) is 31.1. The maximum atomic E-state index is 12.2. The van der Waals surface area contributed by atoms with Crippen molar-refractivity contribution in [2.45, 2.75) is 13.3 Å². The molecule has 2 rings (SSSR count). The zero-order chi connectivity index (χ0) is 15.2. The second-order valence-electron chi connectivity index (χ2n) is 4.03. The first-order chi connectivity index (χ1) is 10.1. The summed E-state index contributed by atoms with van der Waals surface area (Å²) in [6, 6.07) is 3.27. The second-order valence-corrected chi connectivity index (χ2v) is 4.89. The number of rotatable bonds is 6. The van der Waals surface area contributed by atoms with E-state index in [-0.39, 0.29) is 18.2 Å². The number of nitrogens with zero attached hydrogens (tertiary/aromatic N) is 2. The number of anilines is 1. The van der Waals surface area contributed by atoms with Gasteiger partial charge in [0.05, 0.1) is 18.7 Å². The van der Waals surface area contributed by atoms with Crippen molar-refractivity contribution in [1.29, 1.82) is 0 Å². The molecule has 0 aliphatic heterocycles. The number of thiazole rings is 1. The number of amides is 2. The molecule has 2 heterocycles. The first kappa shape index (κ1) is 14.9. The van der Waals surface area contributed by atoms with Crippen molar-refractivity contribution in [3.8, 4) is 5.88 Å². The number of carbonyl (C=O) groups is 2. The highest BCUT2D eigenvalue weighted by molar-refractivity contribution is 7.14. The van der Waals surface area contributed by atoms with Crippen molar-refractivity contribution < 1.29 is 14.3 Å². The summed E-state index contributed by atoms with van der Waals surface area (Å²) in [7, 11) is 0. The molecule has 0 aromatic carbocycles. The van der Waals surface area contributed by atoms with Gasteiger partial charge in [0.15, 0.2) is 5.13 Å². The summed E-state index contributed by atoms with van der Waals surface area (Å²) < 4.78 is 5.30. The normalized spacial score (nSPS) is 10.1. The van der Waals surface area contributed by atoms with Gasteiger partial charge in [-0.3, -0.25) is 14.9 Å². The van der Waals surface area contributed by atoms with Gasteiger partial charge in [-0.25, -0.2) is 9.97 Å². The van der Waals surface area contributed by atoms with Gasteiger partial charge < -0.3 is 10.5 Å². The Morgan fingerprint density at radius 2 is 2.29 bits per heavy atom. The lowest BCUT2D eigenvalue weighted by Gasteiger charge is -2.07. The average Bonchev–Trinajstić information content (AvgIpc) is 2.86. The highest BCUT2D eigenvalue weighted by atomic mass is 32.1. The predicted octanol–water partition coefficient (Wildman–Crippen LogP) is 1.22. The van der Waals surface area contributed by atoms with Crippen LogP contribution in [0.1, 0.15) is 23.0 Å². The minimum absolute atomic E-state index is 0.0451. The number of ether oxygens (including phenoxy) is 1. The van der Waals surface area contributed by atoms with Crippen molar-refractivity contribution in [2.75, 3.05) is 11.9 Å². The molecule has 2 aromatic heterocycles. The zero-order valence-corrected chi connectivity index (χ0v) is 12.1. The fourth-order valence-electron chi connectivity index (χ4n) is 1.60. The minimum Gasteiger partial charge on any atom is -0.477 e. The molecule has 7 nitrogen and oxygen atoms in total. The van der Waals surface area contributed by atoms with Crippen LogP contribution in [0.5, 0.6) is 5.88 Å². The number of aromatic nitrogens is 2. The van der Waals surface area contributed by atoms with E-state index >= 15 is 0 Å². The van der Waals surface area contributed by atoms with Gasteiger partial charge in [-0.1, -0.05) is 0 Å². The lowest BCUT2D eigenvalue weighted by atomic mass is 10.2. The van der Waals surface area contributed by atoms with Gasteiger partial charge >= 0.3 is 0 Å². The number of hydrogen-bond acceptors (Lipinski definition) is 6. The van der Waals surface area contributed by atoms with Crippen LogP contribution in [0.2, 0.25) is 0 Å². The molecule has 0 aliphatic rings. The largest absolute Gasteiger partial charge is 0.477 e. The van der Waals surface area contributed by atoms with Crippen molar-refractivity contribution in [3.63, 3.8) is 0 Å². The van der Waals surface area contributed by atoms with Crippen LogP contribution < -0.4 is 15.8 Å². The van der Waals surface area contributed by atoms with Crippen molar-refractivity contribution >= 4 is 28.3 Å². The third kappa shape index (κ3) is 3.99. The lowest BCUT2D eigenvalue weighted by molar-refractivity contribution is -0.117. The van der Waals surface area contributed by atoms with Crippen LogP contribution in [0.25, 0.3) is 0 Å². The molecule has 0 saturated heterocycles. The first-order valence-corrected chi connectivity index (χ1v) is 7.10. The molecule has 0 bridgehead atoms. The molecule has 3 N–H and O–H groups in total. The Labute approximate surface area is 125 Å². The molecular weight excluding hydrogens is 292 g/mol. The van der Waals surface area contributed by atoms with E-state index < -0.39 is 5.91 Å². The van der Waals surface area contributed by atoms with Crippen molar-refractivity contribution in [3.05, 3.63) is 35.0 Å².